The van der Waals surface area contributed by atoms with Crippen molar-refractivity contribution in [1.29, 1.82) is 0 Å². The fraction of sp³-hybridized carbons (Fsp3) is 0.692. The van der Waals surface area contributed by atoms with Gasteiger partial charge in [0.05, 0.1) is 0 Å². The van der Waals surface area contributed by atoms with Crippen LogP contribution in [0.2, 0.25) is 0 Å². The van der Waals surface area contributed by atoms with Crippen LogP contribution in [0.3, 0.4) is 0 Å². The fourth-order valence-electron chi connectivity index (χ4n) is 2.37. The van der Waals surface area contributed by atoms with Gasteiger partial charge in [0, 0.05) is 19.1 Å². The van der Waals surface area contributed by atoms with Gasteiger partial charge in [-0.1, -0.05) is 13.8 Å². The van der Waals surface area contributed by atoms with Gasteiger partial charge in [0.15, 0.2) is 0 Å². The van der Waals surface area contributed by atoms with Crippen LogP contribution in [0, 0.1) is 5.41 Å². The lowest BCUT2D eigenvalue weighted by atomic mass is 9.77. The highest BCUT2D eigenvalue weighted by molar-refractivity contribution is 7.07. The van der Waals surface area contributed by atoms with Crippen LogP contribution in [-0.4, -0.2) is 19.1 Å². The highest BCUT2D eigenvalue weighted by Gasteiger charge is 2.31. The summed E-state index contributed by atoms with van der Waals surface area (Å²) in [5, 5.41) is 11.5. The van der Waals surface area contributed by atoms with Crippen LogP contribution in [0.4, 0.5) is 0 Å². The molecule has 1 saturated heterocycles. The summed E-state index contributed by atoms with van der Waals surface area (Å²) in [6.07, 6.45) is 2.65. The molecule has 2 heterocycles. The number of rotatable bonds is 4. The molecule has 90 valence electrons. The first-order valence-electron chi connectivity index (χ1n) is 6.14. The van der Waals surface area contributed by atoms with Crippen molar-refractivity contribution in [3.05, 3.63) is 22.4 Å². The van der Waals surface area contributed by atoms with Gasteiger partial charge >= 0.3 is 0 Å². The van der Waals surface area contributed by atoms with Crippen molar-refractivity contribution in [3.8, 4) is 0 Å². The van der Waals surface area contributed by atoms with Crippen molar-refractivity contribution in [2.45, 2.75) is 39.3 Å². The van der Waals surface area contributed by atoms with E-state index in [2.05, 4.69) is 41.3 Å². The molecule has 0 amide bonds. The minimum Gasteiger partial charge on any atom is -0.312 e. The van der Waals surface area contributed by atoms with E-state index in [1.807, 2.05) is 0 Å². The van der Waals surface area contributed by atoms with E-state index in [4.69, 9.17) is 0 Å². The van der Waals surface area contributed by atoms with Crippen molar-refractivity contribution >= 4 is 11.3 Å². The Morgan fingerprint density at radius 3 is 3.12 bits per heavy atom. The summed E-state index contributed by atoms with van der Waals surface area (Å²) < 4.78 is 0. The van der Waals surface area contributed by atoms with Crippen LogP contribution in [0.25, 0.3) is 0 Å². The van der Waals surface area contributed by atoms with Crippen molar-refractivity contribution < 1.29 is 0 Å². The van der Waals surface area contributed by atoms with Crippen molar-refractivity contribution in [2.75, 3.05) is 13.1 Å². The lowest BCUT2D eigenvalue weighted by Gasteiger charge is -2.39. The second-order valence-electron chi connectivity index (χ2n) is 5.36. The van der Waals surface area contributed by atoms with E-state index in [9.17, 15) is 0 Å². The van der Waals surface area contributed by atoms with Crippen LogP contribution >= 0.6 is 11.3 Å². The van der Waals surface area contributed by atoms with E-state index in [0.717, 1.165) is 13.1 Å². The summed E-state index contributed by atoms with van der Waals surface area (Å²) in [5.41, 5.74) is 1.83. The van der Waals surface area contributed by atoms with Gasteiger partial charge in [0.1, 0.15) is 0 Å². The molecular formula is C13H22N2S. The first-order chi connectivity index (χ1) is 7.68. The molecule has 0 aliphatic carbocycles. The Morgan fingerprint density at radius 1 is 1.56 bits per heavy atom. The van der Waals surface area contributed by atoms with Gasteiger partial charge in [-0.05, 0) is 47.2 Å². The molecule has 1 unspecified atom stereocenters. The van der Waals surface area contributed by atoms with E-state index in [-0.39, 0.29) is 0 Å². The third kappa shape index (κ3) is 3.06. The molecule has 0 aromatic carbocycles. The standard InChI is InChI=1S/C13H22N2S/c1-13(2)5-3-6-15-12(13)9-14-8-11-4-7-16-10-11/h4,7,10,12,14-15H,3,5-6,8-9H2,1-2H3. The number of hydrogen-bond acceptors (Lipinski definition) is 3. The first kappa shape index (κ1) is 12.1. The van der Waals surface area contributed by atoms with Crippen LogP contribution in [0.1, 0.15) is 32.3 Å². The summed E-state index contributed by atoms with van der Waals surface area (Å²) in [6.45, 7) is 7.99. The Kier molecular flexibility index (Phi) is 4.00. The summed E-state index contributed by atoms with van der Waals surface area (Å²) in [5.74, 6) is 0. The summed E-state index contributed by atoms with van der Waals surface area (Å²) in [6, 6.07) is 2.80. The normalized spacial score (nSPS) is 24.5. The third-order valence-corrected chi connectivity index (χ3v) is 4.32. The minimum atomic E-state index is 0.430. The van der Waals surface area contributed by atoms with E-state index < -0.39 is 0 Å². The van der Waals surface area contributed by atoms with Gasteiger partial charge in [-0.25, -0.2) is 0 Å². The van der Waals surface area contributed by atoms with Gasteiger partial charge in [-0.2, -0.15) is 11.3 Å². The predicted octanol–water partition coefficient (Wildman–Crippen LogP) is 2.62. The van der Waals surface area contributed by atoms with Crippen LogP contribution in [0.5, 0.6) is 0 Å². The second kappa shape index (κ2) is 5.30. The number of piperidine rings is 1. The molecule has 2 rings (SSSR count). The van der Waals surface area contributed by atoms with Crippen LogP contribution in [-0.2, 0) is 6.54 Å². The Morgan fingerprint density at radius 2 is 2.44 bits per heavy atom. The molecule has 1 aromatic heterocycles. The third-order valence-electron chi connectivity index (χ3n) is 3.59. The fourth-order valence-corrected chi connectivity index (χ4v) is 3.04. The monoisotopic (exact) mass is 238 g/mol. The zero-order valence-electron chi connectivity index (χ0n) is 10.3. The summed E-state index contributed by atoms with van der Waals surface area (Å²) in [7, 11) is 0. The van der Waals surface area contributed by atoms with E-state index in [1.54, 1.807) is 11.3 Å². The molecule has 2 N–H and O–H groups in total. The van der Waals surface area contributed by atoms with Crippen molar-refractivity contribution in [3.63, 3.8) is 0 Å². The highest BCUT2D eigenvalue weighted by atomic mass is 32.1. The molecule has 1 aliphatic heterocycles. The predicted molar refractivity (Wildman–Crippen MR) is 70.8 cm³/mol. The zero-order chi connectivity index (χ0) is 11.4. The van der Waals surface area contributed by atoms with Crippen LogP contribution < -0.4 is 10.6 Å². The smallest absolute Gasteiger partial charge is 0.0243 e. The van der Waals surface area contributed by atoms with Crippen molar-refractivity contribution in [2.24, 2.45) is 5.41 Å². The first-order valence-corrected chi connectivity index (χ1v) is 7.08. The average Bonchev–Trinajstić information content (AvgIpc) is 2.73. The maximum atomic E-state index is 3.63. The van der Waals surface area contributed by atoms with E-state index in [1.165, 1.54) is 24.9 Å². The zero-order valence-corrected chi connectivity index (χ0v) is 11.1. The van der Waals surface area contributed by atoms with Gasteiger partial charge in [0.2, 0.25) is 0 Å². The lowest BCUT2D eigenvalue weighted by molar-refractivity contribution is 0.176. The molecule has 1 aliphatic rings. The SMILES string of the molecule is CC1(C)CCCNC1CNCc1ccsc1. The van der Waals surface area contributed by atoms with Crippen LogP contribution in [0.15, 0.2) is 16.8 Å². The van der Waals surface area contributed by atoms with E-state index >= 15 is 0 Å². The van der Waals surface area contributed by atoms with E-state index in [0.29, 0.717) is 11.5 Å². The van der Waals surface area contributed by atoms with Gasteiger partial charge in [-0.15, -0.1) is 0 Å². The van der Waals surface area contributed by atoms with Crippen molar-refractivity contribution in [1.82, 2.24) is 10.6 Å². The molecule has 0 spiro atoms. The molecule has 0 bridgehead atoms. The Balaban J connectivity index is 1.76. The minimum absolute atomic E-state index is 0.430. The molecule has 3 heteroatoms. The molecule has 0 saturated carbocycles. The summed E-state index contributed by atoms with van der Waals surface area (Å²) in [4.78, 5) is 0. The Labute approximate surface area is 102 Å². The average molecular weight is 238 g/mol. The topological polar surface area (TPSA) is 24.1 Å². The number of hydrogen-bond donors (Lipinski definition) is 2. The summed E-state index contributed by atoms with van der Waals surface area (Å²) >= 11 is 1.77. The quantitative estimate of drug-likeness (QED) is 0.842. The molecule has 1 aromatic rings. The molecule has 0 radical (unpaired) electrons. The molecular weight excluding hydrogens is 216 g/mol. The second-order valence-corrected chi connectivity index (χ2v) is 6.14. The molecule has 16 heavy (non-hydrogen) atoms. The lowest BCUT2D eigenvalue weighted by Crippen LogP contribution is -2.51. The van der Waals surface area contributed by atoms with Gasteiger partial charge in [-0.3, -0.25) is 0 Å². The molecule has 1 fully saturated rings. The van der Waals surface area contributed by atoms with Gasteiger partial charge in [0.25, 0.3) is 0 Å². The molecule has 2 nitrogen and oxygen atoms in total. The Hall–Kier alpha value is -0.380. The highest BCUT2D eigenvalue weighted by Crippen LogP contribution is 2.29. The number of thiophene rings is 1. The number of nitrogens with one attached hydrogen (secondary N) is 2. The Bertz CT molecular complexity index is 306. The maximum absolute atomic E-state index is 3.63. The maximum Gasteiger partial charge on any atom is 0.0243 e. The van der Waals surface area contributed by atoms with Gasteiger partial charge < -0.3 is 10.6 Å². The molecule has 1 atom stereocenters. The largest absolute Gasteiger partial charge is 0.312 e.